The Morgan fingerprint density at radius 1 is 0.973 bits per heavy atom. The summed E-state index contributed by atoms with van der Waals surface area (Å²) < 4.78 is 6.03. The van der Waals surface area contributed by atoms with Gasteiger partial charge in [0.1, 0.15) is 11.8 Å². The number of aryl methyl sites for hydroxylation is 2. The summed E-state index contributed by atoms with van der Waals surface area (Å²) in [6, 6.07) is 20.4. The Bertz CT molecular complexity index is 1230. The Balaban J connectivity index is 1.97. The number of carbonyl (C=O) groups is 2. The fraction of sp³-hybridized carbons (Fsp3) is 0.355. The molecule has 3 rings (SSSR count). The monoisotopic (exact) mass is 520 g/mol. The second-order valence-electron chi connectivity index (χ2n) is 10.6. The first-order valence-electron chi connectivity index (χ1n) is 12.5. The molecule has 1 atom stereocenters. The van der Waals surface area contributed by atoms with Gasteiger partial charge in [0, 0.05) is 23.5 Å². The highest BCUT2D eigenvalue weighted by Gasteiger charge is 2.33. The van der Waals surface area contributed by atoms with E-state index in [0.29, 0.717) is 17.2 Å². The summed E-state index contributed by atoms with van der Waals surface area (Å²) in [5.74, 6) is 0.158. The molecular formula is C31H37ClN2O3. The molecule has 0 aliphatic carbocycles. The number of amides is 2. The molecule has 0 aromatic heterocycles. The Morgan fingerprint density at radius 3 is 2.27 bits per heavy atom. The zero-order chi connectivity index (χ0) is 27.2. The molecule has 3 aromatic rings. The molecule has 0 aliphatic rings. The van der Waals surface area contributed by atoms with Gasteiger partial charge >= 0.3 is 0 Å². The summed E-state index contributed by atoms with van der Waals surface area (Å²) >= 11 is 6.48. The van der Waals surface area contributed by atoms with Crippen LogP contribution in [0.25, 0.3) is 0 Å². The van der Waals surface area contributed by atoms with Crippen molar-refractivity contribution in [1.82, 2.24) is 10.2 Å². The third-order valence-corrected chi connectivity index (χ3v) is 6.55. The lowest BCUT2D eigenvalue weighted by Gasteiger charge is -2.34. The molecule has 0 heterocycles. The normalized spacial score (nSPS) is 12.1. The molecule has 0 bridgehead atoms. The number of nitrogens with zero attached hydrogens (tertiary/aromatic N) is 1. The van der Waals surface area contributed by atoms with Crippen molar-refractivity contribution in [3.05, 3.63) is 99.6 Å². The summed E-state index contributed by atoms with van der Waals surface area (Å²) in [7, 11) is 0. The quantitative estimate of drug-likeness (QED) is 0.365. The summed E-state index contributed by atoms with van der Waals surface area (Å²) in [4.78, 5) is 29.0. The molecule has 0 aliphatic heterocycles. The van der Waals surface area contributed by atoms with Crippen LogP contribution in [-0.4, -0.2) is 34.9 Å². The fourth-order valence-corrected chi connectivity index (χ4v) is 4.39. The molecule has 0 saturated heterocycles. The van der Waals surface area contributed by atoms with Gasteiger partial charge in [-0.1, -0.05) is 66.2 Å². The summed E-state index contributed by atoms with van der Waals surface area (Å²) in [6.45, 7) is 11.8. The molecule has 37 heavy (non-hydrogen) atoms. The van der Waals surface area contributed by atoms with Crippen LogP contribution in [-0.2, 0) is 22.6 Å². The maximum atomic E-state index is 13.8. The zero-order valence-corrected chi connectivity index (χ0v) is 23.4. The van der Waals surface area contributed by atoms with Crippen LogP contribution in [0.1, 0.15) is 48.6 Å². The number of rotatable bonds is 9. The van der Waals surface area contributed by atoms with Crippen molar-refractivity contribution < 1.29 is 14.3 Å². The van der Waals surface area contributed by atoms with Gasteiger partial charge in [0.2, 0.25) is 5.91 Å². The maximum Gasteiger partial charge on any atom is 0.261 e. The number of hydrogen-bond donors (Lipinski definition) is 1. The Kier molecular flexibility index (Phi) is 9.39. The predicted octanol–water partition coefficient (Wildman–Crippen LogP) is 6.20. The van der Waals surface area contributed by atoms with Crippen LogP contribution in [0.4, 0.5) is 0 Å². The molecule has 0 saturated carbocycles. The van der Waals surface area contributed by atoms with E-state index in [1.807, 2.05) is 96.1 Å². The van der Waals surface area contributed by atoms with Gasteiger partial charge in [0.05, 0.1) is 0 Å². The summed E-state index contributed by atoms with van der Waals surface area (Å²) in [5.41, 5.74) is 4.41. The minimum atomic E-state index is -0.755. The van der Waals surface area contributed by atoms with E-state index in [-0.39, 0.29) is 25.0 Å². The fourth-order valence-electron chi connectivity index (χ4n) is 4.19. The molecule has 2 amide bonds. The minimum Gasteiger partial charge on any atom is -0.483 e. The Labute approximate surface area is 225 Å². The number of carbonyl (C=O) groups excluding carboxylic acids is 2. The van der Waals surface area contributed by atoms with Crippen molar-refractivity contribution in [1.29, 1.82) is 0 Å². The lowest BCUT2D eigenvalue weighted by atomic mass is 10.0. The number of benzene rings is 3. The van der Waals surface area contributed by atoms with Gasteiger partial charge in [-0.25, -0.2) is 0 Å². The molecule has 1 N–H and O–H groups in total. The van der Waals surface area contributed by atoms with Gasteiger partial charge in [0.15, 0.2) is 6.61 Å². The molecule has 3 aromatic carbocycles. The maximum absolute atomic E-state index is 13.8. The van der Waals surface area contributed by atoms with E-state index in [0.717, 1.165) is 27.8 Å². The van der Waals surface area contributed by atoms with Gasteiger partial charge in [-0.05, 0) is 81.5 Å². The first-order chi connectivity index (χ1) is 17.4. The van der Waals surface area contributed by atoms with E-state index in [1.54, 1.807) is 11.0 Å². The number of hydrogen-bond acceptors (Lipinski definition) is 3. The van der Waals surface area contributed by atoms with Crippen LogP contribution in [0.15, 0.2) is 66.7 Å². The average Bonchev–Trinajstić information content (AvgIpc) is 2.83. The zero-order valence-electron chi connectivity index (χ0n) is 22.6. The Hall–Kier alpha value is -3.31. The van der Waals surface area contributed by atoms with E-state index in [4.69, 9.17) is 16.3 Å². The largest absolute Gasteiger partial charge is 0.483 e. The molecule has 0 spiro atoms. The van der Waals surface area contributed by atoms with Gasteiger partial charge in [-0.15, -0.1) is 0 Å². The van der Waals surface area contributed by atoms with Crippen LogP contribution >= 0.6 is 11.6 Å². The molecule has 0 fully saturated rings. The second-order valence-corrected chi connectivity index (χ2v) is 11.0. The van der Waals surface area contributed by atoms with Crippen molar-refractivity contribution >= 4 is 23.4 Å². The number of halogens is 1. The van der Waals surface area contributed by atoms with Gasteiger partial charge in [-0.2, -0.15) is 0 Å². The van der Waals surface area contributed by atoms with Crippen molar-refractivity contribution in [2.24, 2.45) is 0 Å². The van der Waals surface area contributed by atoms with Crippen molar-refractivity contribution in [3.63, 3.8) is 0 Å². The molecule has 1 unspecified atom stereocenters. The number of ether oxygens (including phenoxy) is 1. The first-order valence-corrected chi connectivity index (χ1v) is 12.9. The lowest BCUT2D eigenvalue weighted by Crippen LogP contribution is -2.55. The highest BCUT2D eigenvalue weighted by molar-refractivity contribution is 6.31. The molecule has 196 valence electrons. The standard InChI is InChI=1S/C31H37ClN2O3/c1-21-16-22(2)23(3)28(17-21)37-20-29(35)34(19-25-14-10-11-15-26(25)32)27(30(36)33-31(4,5)6)18-24-12-8-7-9-13-24/h7-17,27H,18-20H2,1-6H3,(H,33,36). The minimum absolute atomic E-state index is 0.183. The van der Waals surface area contributed by atoms with Crippen LogP contribution in [0.3, 0.4) is 0 Å². The highest BCUT2D eigenvalue weighted by Crippen LogP contribution is 2.25. The van der Waals surface area contributed by atoms with Crippen LogP contribution in [0, 0.1) is 20.8 Å². The highest BCUT2D eigenvalue weighted by atomic mass is 35.5. The van der Waals surface area contributed by atoms with Gasteiger partial charge < -0.3 is 15.0 Å². The third-order valence-electron chi connectivity index (χ3n) is 6.18. The summed E-state index contributed by atoms with van der Waals surface area (Å²) in [6.07, 6.45) is 0.363. The molecule has 5 nitrogen and oxygen atoms in total. The van der Waals surface area contributed by atoms with Crippen molar-refractivity contribution in [2.75, 3.05) is 6.61 Å². The SMILES string of the molecule is Cc1cc(C)c(C)c(OCC(=O)N(Cc2ccccc2Cl)C(Cc2ccccc2)C(=O)NC(C)(C)C)c1. The van der Waals surface area contributed by atoms with E-state index in [9.17, 15) is 9.59 Å². The predicted molar refractivity (Wildman–Crippen MR) is 150 cm³/mol. The topological polar surface area (TPSA) is 58.6 Å². The molecule has 6 heteroatoms. The summed E-state index contributed by atoms with van der Waals surface area (Å²) in [5, 5.41) is 3.61. The molecule has 0 radical (unpaired) electrons. The smallest absolute Gasteiger partial charge is 0.261 e. The molecular weight excluding hydrogens is 484 g/mol. The Morgan fingerprint density at radius 2 is 1.62 bits per heavy atom. The third kappa shape index (κ3) is 8.09. The van der Waals surface area contributed by atoms with Crippen molar-refractivity contribution in [2.45, 2.75) is 66.1 Å². The van der Waals surface area contributed by atoms with Crippen LogP contribution in [0.2, 0.25) is 5.02 Å². The number of nitrogens with one attached hydrogen (secondary N) is 1. The van der Waals surface area contributed by atoms with Gasteiger partial charge in [-0.3, -0.25) is 9.59 Å². The van der Waals surface area contributed by atoms with Crippen LogP contribution in [0.5, 0.6) is 5.75 Å². The lowest BCUT2D eigenvalue weighted by molar-refractivity contribution is -0.143. The van der Waals surface area contributed by atoms with E-state index < -0.39 is 11.6 Å². The van der Waals surface area contributed by atoms with E-state index in [1.165, 1.54) is 0 Å². The van der Waals surface area contributed by atoms with Crippen molar-refractivity contribution in [3.8, 4) is 5.75 Å². The average molecular weight is 521 g/mol. The van der Waals surface area contributed by atoms with Gasteiger partial charge in [0.25, 0.3) is 5.91 Å². The second kappa shape index (κ2) is 12.3. The van der Waals surface area contributed by atoms with E-state index in [2.05, 4.69) is 11.4 Å². The first kappa shape index (κ1) is 28.3. The van der Waals surface area contributed by atoms with E-state index >= 15 is 0 Å². The van der Waals surface area contributed by atoms with Crippen LogP contribution < -0.4 is 10.1 Å².